The zero-order valence-electron chi connectivity index (χ0n) is 14.4. The second-order valence-electron chi connectivity index (χ2n) is 6.68. The molecule has 2 aromatic rings. The van der Waals surface area contributed by atoms with Crippen molar-refractivity contribution in [1.82, 2.24) is 4.90 Å². The van der Waals surface area contributed by atoms with Crippen molar-refractivity contribution >= 4 is 5.78 Å². The molecule has 1 fully saturated rings. The number of ether oxygens (including phenoxy) is 2. The third-order valence-corrected chi connectivity index (χ3v) is 4.96. The molecule has 0 aromatic heterocycles. The molecule has 0 radical (unpaired) electrons. The Bertz CT molecular complexity index is 849. The number of hydrogen-bond donors (Lipinski definition) is 0. The number of benzene rings is 2. The van der Waals surface area contributed by atoms with Crippen LogP contribution in [0.15, 0.2) is 55.0 Å². The van der Waals surface area contributed by atoms with Gasteiger partial charge in [0.15, 0.2) is 17.3 Å². The SMILES string of the molecule is O=C(CCN1CCC(c2cccc(F)c2)C1)c1ccc2c(c1)OC=CO2. The Morgan fingerprint density at radius 1 is 1.12 bits per heavy atom. The molecule has 0 amide bonds. The Labute approximate surface area is 151 Å². The number of likely N-dealkylation sites (tertiary alicyclic amines) is 1. The normalized spacial score (nSPS) is 18.9. The first-order chi connectivity index (χ1) is 12.7. The number of fused-ring (bicyclic) bond motifs is 1. The number of carbonyl (C=O) groups excluding carboxylic acids is 1. The molecule has 2 aliphatic rings. The number of carbonyl (C=O) groups is 1. The summed E-state index contributed by atoms with van der Waals surface area (Å²) in [5, 5.41) is 0. The summed E-state index contributed by atoms with van der Waals surface area (Å²) in [4.78, 5) is 14.8. The average Bonchev–Trinajstić information content (AvgIpc) is 3.15. The molecule has 0 N–H and O–H groups in total. The van der Waals surface area contributed by atoms with Crippen LogP contribution in [0.2, 0.25) is 0 Å². The van der Waals surface area contributed by atoms with E-state index >= 15 is 0 Å². The van der Waals surface area contributed by atoms with Gasteiger partial charge in [-0.05, 0) is 54.8 Å². The number of halogens is 1. The van der Waals surface area contributed by atoms with Crippen LogP contribution in [0.3, 0.4) is 0 Å². The van der Waals surface area contributed by atoms with Crippen molar-refractivity contribution in [2.75, 3.05) is 19.6 Å². The van der Waals surface area contributed by atoms with Crippen molar-refractivity contribution in [2.24, 2.45) is 0 Å². The van der Waals surface area contributed by atoms with Crippen molar-refractivity contribution in [3.63, 3.8) is 0 Å². The Morgan fingerprint density at radius 3 is 2.81 bits per heavy atom. The Morgan fingerprint density at radius 2 is 1.96 bits per heavy atom. The van der Waals surface area contributed by atoms with Crippen molar-refractivity contribution in [3.8, 4) is 11.5 Å². The molecule has 4 rings (SSSR count). The molecule has 2 heterocycles. The smallest absolute Gasteiger partial charge is 0.169 e. The van der Waals surface area contributed by atoms with E-state index in [9.17, 15) is 9.18 Å². The molecular weight excluding hydrogens is 333 g/mol. The van der Waals surface area contributed by atoms with Gasteiger partial charge in [-0.3, -0.25) is 4.79 Å². The van der Waals surface area contributed by atoms with Gasteiger partial charge in [-0.25, -0.2) is 4.39 Å². The van der Waals surface area contributed by atoms with E-state index in [1.807, 2.05) is 6.07 Å². The topological polar surface area (TPSA) is 38.8 Å². The van der Waals surface area contributed by atoms with Gasteiger partial charge >= 0.3 is 0 Å². The molecule has 1 saturated heterocycles. The largest absolute Gasteiger partial charge is 0.458 e. The van der Waals surface area contributed by atoms with E-state index < -0.39 is 0 Å². The summed E-state index contributed by atoms with van der Waals surface area (Å²) in [5.74, 6) is 1.40. The summed E-state index contributed by atoms with van der Waals surface area (Å²) in [6.07, 6.45) is 4.36. The number of hydrogen-bond acceptors (Lipinski definition) is 4. The molecule has 134 valence electrons. The molecule has 1 atom stereocenters. The lowest BCUT2D eigenvalue weighted by molar-refractivity contribution is 0.0968. The van der Waals surface area contributed by atoms with Crippen LogP contribution in [0.4, 0.5) is 4.39 Å². The van der Waals surface area contributed by atoms with Gasteiger partial charge in [0.2, 0.25) is 0 Å². The second kappa shape index (κ2) is 7.30. The maximum Gasteiger partial charge on any atom is 0.169 e. The zero-order valence-corrected chi connectivity index (χ0v) is 14.4. The molecule has 26 heavy (non-hydrogen) atoms. The highest BCUT2D eigenvalue weighted by molar-refractivity contribution is 5.96. The summed E-state index contributed by atoms with van der Waals surface area (Å²) < 4.78 is 24.1. The molecule has 0 spiro atoms. The van der Waals surface area contributed by atoms with Crippen LogP contribution >= 0.6 is 0 Å². The van der Waals surface area contributed by atoms with Gasteiger partial charge < -0.3 is 14.4 Å². The highest BCUT2D eigenvalue weighted by Gasteiger charge is 2.24. The molecule has 5 heteroatoms. The predicted octanol–water partition coefficient (Wildman–Crippen LogP) is 4.13. The van der Waals surface area contributed by atoms with Gasteiger partial charge in [0.25, 0.3) is 0 Å². The van der Waals surface area contributed by atoms with Crippen LogP contribution in [0.1, 0.15) is 34.7 Å². The van der Waals surface area contributed by atoms with Crippen LogP contribution in [-0.4, -0.2) is 30.3 Å². The van der Waals surface area contributed by atoms with Crippen LogP contribution in [0.5, 0.6) is 11.5 Å². The molecular formula is C21H20FNO3. The first-order valence-electron chi connectivity index (χ1n) is 8.82. The highest BCUT2D eigenvalue weighted by Crippen LogP contribution is 2.32. The van der Waals surface area contributed by atoms with Crippen molar-refractivity contribution < 1.29 is 18.7 Å². The predicted molar refractivity (Wildman–Crippen MR) is 96.0 cm³/mol. The van der Waals surface area contributed by atoms with E-state index in [1.165, 1.54) is 18.6 Å². The first kappa shape index (κ1) is 16.8. The quantitative estimate of drug-likeness (QED) is 0.758. The minimum absolute atomic E-state index is 0.0835. The number of ketones is 1. The molecule has 0 saturated carbocycles. The molecule has 2 aliphatic heterocycles. The van der Waals surface area contributed by atoms with Gasteiger partial charge in [0, 0.05) is 25.1 Å². The van der Waals surface area contributed by atoms with Crippen LogP contribution < -0.4 is 9.47 Å². The van der Waals surface area contributed by atoms with E-state index in [4.69, 9.17) is 9.47 Å². The number of rotatable bonds is 5. The van der Waals surface area contributed by atoms with E-state index in [0.717, 1.165) is 25.1 Å². The fourth-order valence-electron chi connectivity index (χ4n) is 3.55. The lowest BCUT2D eigenvalue weighted by Gasteiger charge is -2.16. The number of Topliss-reactive ketones (excluding diaryl/α,β-unsaturated/α-hetero) is 1. The molecule has 4 nitrogen and oxygen atoms in total. The van der Waals surface area contributed by atoms with Crippen LogP contribution in [0, 0.1) is 5.82 Å². The summed E-state index contributed by atoms with van der Waals surface area (Å²) in [5.41, 5.74) is 1.67. The highest BCUT2D eigenvalue weighted by atomic mass is 19.1. The lowest BCUT2D eigenvalue weighted by atomic mass is 9.98. The maximum atomic E-state index is 13.4. The third kappa shape index (κ3) is 3.63. The minimum atomic E-state index is -0.190. The zero-order chi connectivity index (χ0) is 17.9. The number of nitrogens with zero attached hydrogens (tertiary/aromatic N) is 1. The second-order valence-corrected chi connectivity index (χ2v) is 6.68. The Kier molecular flexibility index (Phi) is 4.71. The standard InChI is InChI=1S/C21H20FNO3/c22-18-3-1-2-15(12-18)17-6-8-23(14-17)9-7-19(24)16-4-5-20-21(13-16)26-11-10-25-20/h1-5,10-13,17H,6-9,14H2. The first-order valence-corrected chi connectivity index (χ1v) is 8.82. The third-order valence-electron chi connectivity index (χ3n) is 4.96. The summed E-state index contributed by atoms with van der Waals surface area (Å²) in [7, 11) is 0. The van der Waals surface area contributed by atoms with E-state index in [1.54, 1.807) is 30.3 Å². The van der Waals surface area contributed by atoms with E-state index in [0.29, 0.717) is 35.9 Å². The maximum absolute atomic E-state index is 13.4. The van der Waals surface area contributed by atoms with Crippen molar-refractivity contribution in [3.05, 3.63) is 71.9 Å². The van der Waals surface area contributed by atoms with E-state index in [2.05, 4.69) is 4.90 Å². The van der Waals surface area contributed by atoms with Gasteiger partial charge in [-0.1, -0.05) is 12.1 Å². The molecule has 0 bridgehead atoms. The summed E-state index contributed by atoms with van der Waals surface area (Å²) >= 11 is 0. The van der Waals surface area contributed by atoms with Gasteiger partial charge in [0.1, 0.15) is 18.3 Å². The summed E-state index contributed by atoms with van der Waals surface area (Å²) in [6.45, 7) is 2.50. The van der Waals surface area contributed by atoms with Gasteiger partial charge in [-0.15, -0.1) is 0 Å². The van der Waals surface area contributed by atoms with Gasteiger partial charge in [-0.2, -0.15) is 0 Å². The average molecular weight is 353 g/mol. The minimum Gasteiger partial charge on any atom is -0.458 e. The lowest BCUT2D eigenvalue weighted by Crippen LogP contribution is -2.23. The fourth-order valence-corrected chi connectivity index (χ4v) is 3.55. The monoisotopic (exact) mass is 353 g/mol. The Balaban J connectivity index is 1.33. The summed E-state index contributed by atoms with van der Waals surface area (Å²) in [6, 6.07) is 12.1. The Hall–Kier alpha value is -2.66. The van der Waals surface area contributed by atoms with Crippen LogP contribution in [0.25, 0.3) is 0 Å². The molecule has 0 aliphatic carbocycles. The van der Waals surface area contributed by atoms with Gasteiger partial charge in [0.05, 0.1) is 0 Å². The van der Waals surface area contributed by atoms with Crippen molar-refractivity contribution in [1.29, 1.82) is 0 Å². The fraction of sp³-hybridized carbons (Fsp3) is 0.286. The van der Waals surface area contributed by atoms with E-state index in [-0.39, 0.29) is 11.6 Å². The van der Waals surface area contributed by atoms with Crippen LogP contribution in [-0.2, 0) is 0 Å². The van der Waals surface area contributed by atoms with Crippen molar-refractivity contribution in [2.45, 2.75) is 18.8 Å². The molecule has 2 aromatic carbocycles. The molecule has 1 unspecified atom stereocenters.